The molecule has 0 saturated carbocycles. The van der Waals surface area contributed by atoms with Gasteiger partial charge in [0.05, 0.1) is 5.75 Å². The Balaban J connectivity index is 2.38. The third-order valence-electron chi connectivity index (χ3n) is 3.85. The summed E-state index contributed by atoms with van der Waals surface area (Å²) in [7, 11) is -3.10. The van der Waals surface area contributed by atoms with Crippen LogP contribution in [0.15, 0.2) is 0 Å². The Morgan fingerprint density at radius 1 is 1.35 bits per heavy atom. The minimum atomic E-state index is -3.10. The van der Waals surface area contributed by atoms with Crippen LogP contribution in [-0.4, -0.2) is 49.6 Å². The van der Waals surface area contributed by atoms with E-state index in [1.807, 2.05) is 13.8 Å². The van der Waals surface area contributed by atoms with E-state index in [0.717, 1.165) is 0 Å². The van der Waals surface area contributed by atoms with Crippen molar-refractivity contribution in [2.75, 3.05) is 18.8 Å². The van der Waals surface area contributed by atoms with Gasteiger partial charge in [-0.05, 0) is 25.7 Å². The lowest BCUT2D eigenvalue weighted by Crippen LogP contribution is -2.47. The van der Waals surface area contributed by atoms with Gasteiger partial charge in [0, 0.05) is 31.6 Å². The van der Waals surface area contributed by atoms with Crippen molar-refractivity contribution in [2.45, 2.75) is 52.1 Å². The van der Waals surface area contributed by atoms with Crippen LogP contribution in [-0.2, 0) is 14.8 Å². The average molecular weight is 305 g/mol. The smallest absolute Gasteiger partial charge is 0.221 e. The fourth-order valence-corrected chi connectivity index (χ4v) is 3.33. The van der Waals surface area contributed by atoms with Gasteiger partial charge in [0.25, 0.3) is 0 Å². The van der Waals surface area contributed by atoms with E-state index in [1.165, 1.54) is 4.31 Å². The monoisotopic (exact) mass is 305 g/mol. The van der Waals surface area contributed by atoms with E-state index in [2.05, 4.69) is 5.32 Å². The number of hydrogen-bond acceptors (Lipinski definition) is 4. The van der Waals surface area contributed by atoms with Crippen LogP contribution in [0.25, 0.3) is 0 Å². The first kappa shape index (κ1) is 17.4. The van der Waals surface area contributed by atoms with Crippen molar-refractivity contribution in [3.05, 3.63) is 0 Å². The molecular weight excluding hydrogens is 278 g/mol. The highest BCUT2D eigenvalue weighted by Crippen LogP contribution is 2.15. The van der Waals surface area contributed by atoms with E-state index in [9.17, 15) is 13.2 Å². The highest BCUT2D eigenvalue weighted by atomic mass is 32.2. The lowest BCUT2D eigenvalue weighted by Gasteiger charge is -2.31. The predicted molar refractivity (Wildman–Crippen MR) is 79.6 cm³/mol. The fraction of sp³-hybridized carbons (Fsp3) is 0.923. The Bertz CT molecular complexity index is 415. The Kier molecular flexibility index (Phi) is 6.42. The molecule has 0 bridgehead atoms. The van der Waals surface area contributed by atoms with E-state index >= 15 is 0 Å². The van der Waals surface area contributed by atoms with Crippen molar-refractivity contribution in [2.24, 2.45) is 11.7 Å². The van der Waals surface area contributed by atoms with Crippen LogP contribution < -0.4 is 11.1 Å². The Morgan fingerprint density at radius 3 is 2.35 bits per heavy atom. The number of sulfonamides is 1. The van der Waals surface area contributed by atoms with Crippen LogP contribution in [0.2, 0.25) is 0 Å². The van der Waals surface area contributed by atoms with Gasteiger partial charge >= 0.3 is 0 Å². The van der Waals surface area contributed by atoms with Crippen LogP contribution in [0.4, 0.5) is 0 Å². The van der Waals surface area contributed by atoms with E-state index < -0.39 is 10.0 Å². The standard InChI is InChI=1S/C13H27N3O3S/c1-4-20(18,19)16-7-5-11(6-8-16)15-13(17)9-12(14)10(2)3/h10-12H,4-9,14H2,1-3H3,(H,15,17). The topological polar surface area (TPSA) is 92.5 Å². The second-order valence-corrected chi connectivity index (χ2v) is 8.01. The highest BCUT2D eigenvalue weighted by Gasteiger charge is 2.27. The summed E-state index contributed by atoms with van der Waals surface area (Å²) in [6.45, 7) is 6.60. The van der Waals surface area contributed by atoms with Gasteiger partial charge in [0.1, 0.15) is 0 Å². The summed E-state index contributed by atoms with van der Waals surface area (Å²) >= 11 is 0. The average Bonchev–Trinajstić information content (AvgIpc) is 2.39. The number of nitrogens with zero attached hydrogens (tertiary/aromatic N) is 1. The second-order valence-electron chi connectivity index (χ2n) is 5.75. The molecule has 1 heterocycles. The molecule has 0 radical (unpaired) electrons. The van der Waals surface area contributed by atoms with Crippen LogP contribution in [0.3, 0.4) is 0 Å². The second kappa shape index (κ2) is 7.38. The van der Waals surface area contributed by atoms with Gasteiger partial charge in [-0.25, -0.2) is 12.7 Å². The quantitative estimate of drug-likeness (QED) is 0.737. The van der Waals surface area contributed by atoms with Crippen molar-refractivity contribution < 1.29 is 13.2 Å². The lowest BCUT2D eigenvalue weighted by atomic mass is 10.0. The molecule has 0 aromatic carbocycles. The largest absolute Gasteiger partial charge is 0.353 e. The molecule has 20 heavy (non-hydrogen) atoms. The molecule has 1 aliphatic heterocycles. The fourth-order valence-electron chi connectivity index (χ4n) is 2.20. The highest BCUT2D eigenvalue weighted by molar-refractivity contribution is 7.89. The maximum Gasteiger partial charge on any atom is 0.221 e. The number of amides is 1. The summed E-state index contributed by atoms with van der Waals surface area (Å²) in [6, 6.07) is -0.0688. The van der Waals surface area contributed by atoms with Crippen LogP contribution in [0, 0.1) is 5.92 Å². The van der Waals surface area contributed by atoms with Gasteiger partial charge in [0.2, 0.25) is 15.9 Å². The first-order chi connectivity index (χ1) is 9.26. The molecule has 1 amide bonds. The minimum absolute atomic E-state index is 0.0389. The summed E-state index contributed by atoms with van der Waals surface area (Å²) in [5.74, 6) is 0.369. The molecule has 3 N–H and O–H groups in total. The summed E-state index contributed by atoms with van der Waals surface area (Å²) in [5, 5.41) is 2.95. The van der Waals surface area contributed by atoms with E-state index in [4.69, 9.17) is 5.73 Å². The zero-order valence-electron chi connectivity index (χ0n) is 12.6. The molecule has 1 aliphatic rings. The molecule has 0 aromatic rings. The molecule has 0 spiro atoms. The van der Waals surface area contributed by atoms with Gasteiger partial charge in [-0.2, -0.15) is 0 Å². The molecule has 1 fully saturated rings. The maximum atomic E-state index is 11.8. The molecule has 118 valence electrons. The number of carbonyl (C=O) groups is 1. The van der Waals surface area contributed by atoms with Crippen molar-refractivity contribution in [3.8, 4) is 0 Å². The SMILES string of the molecule is CCS(=O)(=O)N1CCC(NC(=O)CC(N)C(C)C)CC1. The van der Waals surface area contributed by atoms with E-state index in [-0.39, 0.29) is 29.7 Å². The summed E-state index contributed by atoms with van der Waals surface area (Å²) in [5.41, 5.74) is 5.87. The first-order valence-electron chi connectivity index (χ1n) is 7.29. The number of nitrogens with two attached hydrogens (primary N) is 1. The zero-order valence-corrected chi connectivity index (χ0v) is 13.4. The number of nitrogens with one attached hydrogen (secondary N) is 1. The van der Waals surface area contributed by atoms with Gasteiger partial charge in [-0.3, -0.25) is 4.79 Å². The Labute approximate surface area is 122 Å². The van der Waals surface area contributed by atoms with Crippen LogP contribution in [0.1, 0.15) is 40.0 Å². The molecule has 7 heteroatoms. The summed E-state index contributed by atoms with van der Waals surface area (Å²) < 4.78 is 25.0. The van der Waals surface area contributed by atoms with Crippen molar-refractivity contribution in [1.82, 2.24) is 9.62 Å². The van der Waals surface area contributed by atoms with Crippen molar-refractivity contribution in [1.29, 1.82) is 0 Å². The molecule has 1 unspecified atom stereocenters. The number of piperidine rings is 1. The van der Waals surface area contributed by atoms with Crippen molar-refractivity contribution >= 4 is 15.9 Å². The molecule has 6 nitrogen and oxygen atoms in total. The third kappa shape index (κ3) is 5.03. The molecule has 1 rings (SSSR count). The molecular formula is C13H27N3O3S. The minimum Gasteiger partial charge on any atom is -0.353 e. The van der Waals surface area contributed by atoms with E-state index in [1.54, 1.807) is 6.92 Å². The Morgan fingerprint density at radius 2 is 1.90 bits per heavy atom. The molecule has 0 aromatic heterocycles. The zero-order chi connectivity index (χ0) is 15.3. The number of carbonyl (C=O) groups excluding carboxylic acids is 1. The number of hydrogen-bond donors (Lipinski definition) is 2. The summed E-state index contributed by atoms with van der Waals surface area (Å²) in [4.78, 5) is 11.8. The first-order valence-corrected chi connectivity index (χ1v) is 8.90. The van der Waals surface area contributed by atoms with Crippen LogP contribution in [0.5, 0.6) is 0 Å². The molecule has 0 aliphatic carbocycles. The van der Waals surface area contributed by atoms with Gasteiger partial charge in [-0.1, -0.05) is 13.8 Å². The van der Waals surface area contributed by atoms with E-state index in [0.29, 0.717) is 32.4 Å². The predicted octanol–water partition coefficient (Wildman–Crippen LogP) is 0.290. The molecule has 1 atom stereocenters. The molecule has 1 saturated heterocycles. The lowest BCUT2D eigenvalue weighted by molar-refractivity contribution is -0.122. The van der Waals surface area contributed by atoms with Gasteiger partial charge in [0.15, 0.2) is 0 Å². The van der Waals surface area contributed by atoms with Crippen molar-refractivity contribution in [3.63, 3.8) is 0 Å². The van der Waals surface area contributed by atoms with Crippen LogP contribution >= 0.6 is 0 Å². The normalized spacial score (nSPS) is 20.1. The third-order valence-corrected chi connectivity index (χ3v) is 5.74. The summed E-state index contributed by atoms with van der Waals surface area (Å²) in [6.07, 6.45) is 1.66. The van der Waals surface area contributed by atoms with Gasteiger partial charge in [-0.15, -0.1) is 0 Å². The van der Waals surface area contributed by atoms with Gasteiger partial charge < -0.3 is 11.1 Å². The maximum absolute atomic E-state index is 11.8. The number of rotatable bonds is 6. The Hall–Kier alpha value is -0.660.